The summed E-state index contributed by atoms with van der Waals surface area (Å²) in [6.45, 7) is 0.734. The number of aromatic amines is 1. The molecule has 1 aromatic heterocycles. The number of hydrogen-bond donors (Lipinski definition) is 3. The number of imidazole rings is 1. The lowest BCUT2D eigenvalue weighted by molar-refractivity contribution is -0.123. The molecule has 6 heteroatoms. The van der Waals surface area contributed by atoms with Gasteiger partial charge >= 0.3 is 0 Å². The molecule has 1 amide bonds. The number of nitrogens with two attached hydrogens (primary N) is 1. The zero-order valence-corrected chi connectivity index (χ0v) is 8.69. The largest absolute Gasteiger partial charge is 0.380 e. The van der Waals surface area contributed by atoms with Gasteiger partial charge in [0.25, 0.3) is 0 Å². The summed E-state index contributed by atoms with van der Waals surface area (Å²) < 4.78 is 5.00. The topological polar surface area (TPSA) is 93.0 Å². The average molecular weight is 212 g/mol. The van der Waals surface area contributed by atoms with Crippen LogP contribution in [0.1, 0.15) is 12.2 Å². The minimum atomic E-state index is -0.221. The molecule has 1 aromatic rings. The summed E-state index contributed by atoms with van der Waals surface area (Å²) in [5.41, 5.74) is 5.40. The van der Waals surface area contributed by atoms with Crippen molar-refractivity contribution >= 4 is 5.91 Å². The van der Waals surface area contributed by atoms with Crippen molar-refractivity contribution in [2.45, 2.75) is 19.1 Å². The van der Waals surface area contributed by atoms with Gasteiger partial charge in [-0.3, -0.25) is 4.79 Å². The van der Waals surface area contributed by atoms with E-state index in [2.05, 4.69) is 15.3 Å². The number of carbonyl (C=O) groups is 1. The maximum Gasteiger partial charge on any atom is 0.223 e. The van der Waals surface area contributed by atoms with E-state index in [1.54, 1.807) is 12.4 Å². The molecule has 0 saturated heterocycles. The first-order valence-electron chi connectivity index (χ1n) is 4.74. The highest BCUT2D eigenvalue weighted by atomic mass is 16.5. The number of carbonyl (C=O) groups excluding carboxylic acids is 1. The van der Waals surface area contributed by atoms with Crippen molar-refractivity contribution in [1.29, 1.82) is 0 Å². The first-order chi connectivity index (χ1) is 7.26. The Labute approximate surface area is 88.2 Å². The number of hydrogen-bond acceptors (Lipinski definition) is 4. The molecule has 84 valence electrons. The van der Waals surface area contributed by atoms with Crippen LogP contribution >= 0.6 is 0 Å². The number of ether oxygens (including phenoxy) is 1. The van der Waals surface area contributed by atoms with Crippen LogP contribution in [0.2, 0.25) is 0 Å². The van der Waals surface area contributed by atoms with Crippen LogP contribution in [0.15, 0.2) is 12.4 Å². The molecule has 1 atom stereocenters. The molecule has 0 aromatic carbocycles. The molecule has 1 heterocycles. The quantitative estimate of drug-likeness (QED) is 0.586. The summed E-state index contributed by atoms with van der Waals surface area (Å²) >= 11 is 0. The highest BCUT2D eigenvalue weighted by molar-refractivity contribution is 5.76. The molecule has 0 aliphatic heterocycles. The van der Waals surface area contributed by atoms with Crippen LogP contribution in [0.3, 0.4) is 0 Å². The maximum absolute atomic E-state index is 11.4. The van der Waals surface area contributed by atoms with Crippen LogP contribution in [-0.4, -0.2) is 35.6 Å². The van der Waals surface area contributed by atoms with E-state index < -0.39 is 0 Å². The highest BCUT2D eigenvalue weighted by Crippen LogP contribution is 1.95. The third kappa shape index (κ3) is 4.09. The summed E-state index contributed by atoms with van der Waals surface area (Å²) in [4.78, 5) is 18.3. The Balaban J connectivity index is 2.24. The second-order valence-electron chi connectivity index (χ2n) is 3.11. The Morgan fingerprint density at radius 2 is 2.60 bits per heavy atom. The molecule has 1 unspecified atom stereocenters. The van der Waals surface area contributed by atoms with Gasteiger partial charge in [-0.25, -0.2) is 4.98 Å². The lowest BCUT2D eigenvalue weighted by Gasteiger charge is -2.11. The Bertz CT molecular complexity index is 282. The van der Waals surface area contributed by atoms with Crippen molar-refractivity contribution in [3.05, 3.63) is 18.2 Å². The SMILES string of the molecule is COC(CN)CC(=O)NCc1ncc[nH]1. The number of H-pyrrole nitrogens is 1. The summed E-state index contributed by atoms with van der Waals surface area (Å²) in [5.74, 6) is 0.633. The molecule has 0 bridgehead atoms. The molecular formula is C9H16N4O2. The molecule has 0 radical (unpaired) electrons. The van der Waals surface area contributed by atoms with E-state index >= 15 is 0 Å². The van der Waals surface area contributed by atoms with Gasteiger partial charge < -0.3 is 20.8 Å². The van der Waals surface area contributed by atoms with Crippen molar-refractivity contribution < 1.29 is 9.53 Å². The number of aromatic nitrogens is 2. The van der Waals surface area contributed by atoms with Crippen LogP contribution in [-0.2, 0) is 16.1 Å². The van der Waals surface area contributed by atoms with Crippen LogP contribution in [0.4, 0.5) is 0 Å². The predicted octanol–water partition coefficient (Wildman–Crippen LogP) is -0.610. The van der Waals surface area contributed by atoms with Gasteiger partial charge in [0.1, 0.15) is 5.82 Å². The zero-order chi connectivity index (χ0) is 11.1. The van der Waals surface area contributed by atoms with Gasteiger partial charge in [0.15, 0.2) is 0 Å². The maximum atomic E-state index is 11.4. The molecule has 0 aliphatic rings. The third-order valence-electron chi connectivity index (χ3n) is 2.02. The van der Waals surface area contributed by atoms with Crippen molar-refractivity contribution in [3.8, 4) is 0 Å². The van der Waals surface area contributed by atoms with E-state index in [1.165, 1.54) is 7.11 Å². The van der Waals surface area contributed by atoms with Gasteiger partial charge in [0.2, 0.25) is 5.91 Å². The molecule has 6 nitrogen and oxygen atoms in total. The van der Waals surface area contributed by atoms with E-state index in [9.17, 15) is 4.79 Å². The van der Waals surface area contributed by atoms with Crippen molar-refractivity contribution in [3.63, 3.8) is 0 Å². The molecule has 0 aliphatic carbocycles. The second kappa shape index (κ2) is 6.15. The van der Waals surface area contributed by atoms with Crippen LogP contribution in [0.5, 0.6) is 0 Å². The van der Waals surface area contributed by atoms with E-state index in [0.717, 1.165) is 5.82 Å². The van der Waals surface area contributed by atoms with Crippen LogP contribution in [0, 0.1) is 0 Å². The van der Waals surface area contributed by atoms with Crippen LogP contribution < -0.4 is 11.1 Å². The number of amides is 1. The lowest BCUT2D eigenvalue weighted by atomic mass is 10.2. The molecule has 0 fully saturated rings. The van der Waals surface area contributed by atoms with Gasteiger partial charge in [-0.2, -0.15) is 0 Å². The van der Waals surface area contributed by atoms with Crippen LogP contribution in [0.25, 0.3) is 0 Å². The van der Waals surface area contributed by atoms with Gasteiger partial charge in [-0.15, -0.1) is 0 Å². The summed E-state index contributed by atoms with van der Waals surface area (Å²) in [5, 5.41) is 2.72. The zero-order valence-electron chi connectivity index (χ0n) is 8.69. The minimum Gasteiger partial charge on any atom is -0.380 e. The Morgan fingerprint density at radius 3 is 3.13 bits per heavy atom. The first-order valence-corrected chi connectivity index (χ1v) is 4.74. The normalized spacial score (nSPS) is 12.4. The molecule has 0 spiro atoms. The van der Waals surface area contributed by atoms with E-state index in [4.69, 9.17) is 10.5 Å². The summed E-state index contributed by atoms with van der Waals surface area (Å²) in [7, 11) is 1.54. The lowest BCUT2D eigenvalue weighted by Crippen LogP contribution is -2.32. The number of methoxy groups -OCH3 is 1. The predicted molar refractivity (Wildman–Crippen MR) is 54.9 cm³/mol. The summed E-state index contributed by atoms with van der Waals surface area (Å²) in [6.07, 6.45) is 3.40. The Hall–Kier alpha value is -1.40. The third-order valence-corrected chi connectivity index (χ3v) is 2.02. The highest BCUT2D eigenvalue weighted by Gasteiger charge is 2.10. The fourth-order valence-corrected chi connectivity index (χ4v) is 1.12. The van der Waals surface area contributed by atoms with Crippen molar-refractivity contribution in [1.82, 2.24) is 15.3 Å². The van der Waals surface area contributed by atoms with Crippen molar-refractivity contribution in [2.24, 2.45) is 5.73 Å². The smallest absolute Gasteiger partial charge is 0.223 e. The second-order valence-corrected chi connectivity index (χ2v) is 3.11. The van der Waals surface area contributed by atoms with Gasteiger partial charge in [0, 0.05) is 26.0 Å². The van der Waals surface area contributed by atoms with Gasteiger partial charge in [0.05, 0.1) is 19.1 Å². The van der Waals surface area contributed by atoms with E-state index in [-0.39, 0.29) is 18.4 Å². The average Bonchev–Trinajstić information content (AvgIpc) is 2.75. The number of nitrogens with one attached hydrogen (secondary N) is 2. The summed E-state index contributed by atoms with van der Waals surface area (Å²) in [6, 6.07) is 0. The fraction of sp³-hybridized carbons (Fsp3) is 0.556. The number of nitrogens with zero attached hydrogens (tertiary/aromatic N) is 1. The first kappa shape index (κ1) is 11.7. The van der Waals surface area contributed by atoms with E-state index in [1.807, 2.05) is 0 Å². The van der Waals surface area contributed by atoms with Gasteiger partial charge in [-0.1, -0.05) is 0 Å². The molecule has 1 rings (SSSR count). The molecular weight excluding hydrogens is 196 g/mol. The monoisotopic (exact) mass is 212 g/mol. The molecule has 0 saturated carbocycles. The Morgan fingerprint density at radius 1 is 1.80 bits per heavy atom. The van der Waals surface area contributed by atoms with E-state index in [0.29, 0.717) is 13.1 Å². The standard InChI is InChI=1S/C9H16N4O2/c1-15-7(5-10)4-9(14)13-6-8-11-2-3-12-8/h2-3,7H,4-6,10H2,1H3,(H,11,12)(H,13,14). The number of rotatable bonds is 6. The Kier molecular flexibility index (Phi) is 4.79. The van der Waals surface area contributed by atoms with Crippen molar-refractivity contribution in [2.75, 3.05) is 13.7 Å². The molecule has 4 N–H and O–H groups in total. The fourth-order valence-electron chi connectivity index (χ4n) is 1.12. The van der Waals surface area contributed by atoms with Gasteiger partial charge in [-0.05, 0) is 0 Å². The molecule has 15 heavy (non-hydrogen) atoms. The minimum absolute atomic E-state index is 0.0938.